The van der Waals surface area contributed by atoms with Crippen LogP contribution >= 0.6 is 0 Å². The highest BCUT2D eigenvalue weighted by molar-refractivity contribution is 5.86. The van der Waals surface area contributed by atoms with Crippen LogP contribution in [0.2, 0.25) is 0 Å². The summed E-state index contributed by atoms with van der Waals surface area (Å²) in [7, 11) is 0. The lowest BCUT2D eigenvalue weighted by Crippen LogP contribution is -2.14. The first-order valence-corrected chi connectivity index (χ1v) is 6.56. The maximum atomic E-state index is 13.7. The second-order valence-corrected chi connectivity index (χ2v) is 5.04. The Labute approximate surface area is 108 Å². The van der Waals surface area contributed by atoms with Crippen molar-refractivity contribution in [3.8, 4) is 0 Å². The maximum absolute atomic E-state index is 13.7. The average molecular weight is 245 g/mol. The SMILES string of the molecule is CCC(C)CC(N)c1ccc(F)c2ccccc12. The van der Waals surface area contributed by atoms with Crippen molar-refractivity contribution in [2.45, 2.75) is 32.7 Å². The minimum absolute atomic E-state index is 0.0227. The maximum Gasteiger partial charge on any atom is 0.131 e. The normalized spacial score (nSPS) is 14.7. The molecule has 18 heavy (non-hydrogen) atoms. The fourth-order valence-electron chi connectivity index (χ4n) is 2.34. The molecule has 0 fully saturated rings. The highest BCUT2D eigenvalue weighted by atomic mass is 19.1. The molecule has 0 radical (unpaired) electrons. The van der Waals surface area contributed by atoms with Crippen molar-refractivity contribution in [2.24, 2.45) is 11.7 Å². The van der Waals surface area contributed by atoms with Crippen LogP contribution in [0.5, 0.6) is 0 Å². The van der Waals surface area contributed by atoms with Gasteiger partial charge in [0.15, 0.2) is 0 Å². The summed E-state index contributed by atoms with van der Waals surface area (Å²) in [4.78, 5) is 0. The molecule has 0 aromatic heterocycles. The van der Waals surface area contributed by atoms with E-state index in [1.54, 1.807) is 0 Å². The van der Waals surface area contributed by atoms with E-state index < -0.39 is 0 Å². The molecule has 2 heteroatoms. The highest BCUT2D eigenvalue weighted by Gasteiger charge is 2.14. The average Bonchev–Trinajstić information content (AvgIpc) is 2.39. The van der Waals surface area contributed by atoms with Crippen LogP contribution in [-0.2, 0) is 0 Å². The first kappa shape index (κ1) is 13.0. The van der Waals surface area contributed by atoms with E-state index in [2.05, 4.69) is 13.8 Å². The molecule has 0 saturated heterocycles. The molecule has 2 atom stereocenters. The molecule has 2 aromatic rings. The number of hydrogen-bond acceptors (Lipinski definition) is 1. The lowest BCUT2D eigenvalue weighted by Gasteiger charge is -2.18. The van der Waals surface area contributed by atoms with Gasteiger partial charge in [-0.25, -0.2) is 4.39 Å². The molecule has 96 valence electrons. The van der Waals surface area contributed by atoms with Gasteiger partial charge in [-0.2, -0.15) is 0 Å². The number of rotatable bonds is 4. The standard InChI is InChI=1S/C16H20FN/c1-3-11(2)10-16(18)14-8-9-15(17)13-7-5-4-6-12(13)14/h4-9,11,16H,3,10,18H2,1-2H3. The van der Waals surface area contributed by atoms with Crippen LogP contribution in [-0.4, -0.2) is 0 Å². The highest BCUT2D eigenvalue weighted by Crippen LogP contribution is 2.29. The van der Waals surface area contributed by atoms with Gasteiger partial charge in [0.2, 0.25) is 0 Å². The predicted molar refractivity (Wildman–Crippen MR) is 74.9 cm³/mol. The molecule has 2 aromatic carbocycles. The largest absolute Gasteiger partial charge is 0.324 e. The van der Waals surface area contributed by atoms with Gasteiger partial charge in [-0.3, -0.25) is 0 Å². The Morgan fingerprint density at radius 2 is 1.78 bits per heavy atom. The number of halogens is 1. The summed E-state index contributed by atoms with van der Waals surface area (Å²) >= 11 is 0. The van der Waals surface area contributed by atoms with Crippen LogP contribution in [0.3, 0.4) is 0 Å². The summed E-state index contributed by atoms with van der Waals surface area (Å²) in [5, 5.41) is 1.60. The van der Waals surface area contributed by atoms with Crippen LogP contribution in [0, 0.1) is 11.7 Å². The first-order valence-electron chi connectivity index (χ1n) is 6.56. The number of hydrogen-bond donors (Lipinski definition) is 1. The van der Waals surface area contributed by atoms with Crippen molar-refractivity contribution in [1.82, 2.24) is 0 Å². The molecule has 2 rings (SSSR count). The zero-order valence-electron chi connectivity index (χ0n) is 11.0. The molecule has 0 aliphatic carbocycles. The number of benzene rings is 2. The molecule has 0 bridgehead atoms. The van der Waals surface area contributed by atoms with Gasteiger partial charge < -0.3 is 5.73 Å². The summed E-state index contributed by atoms with van der Waals surface area (Å²) in [6, 6.07) is 10.9. The Hall–Kier alpha value is -1.41. The monoisotopic (exact) mass is 245 g/mol. The molecule has 0 saturated carbocycles. The second kappa shape index (κ2) is 5.49. The van der Waals surface area contributed by atoms with E-state index in [0.717, 1.165) is 23.8 Å². The van der Waals surface area contributed by atoms with Gasteiger partial charge in [0.25, 0.3) is 0 Å². The van der Waals surface area contributed by atoms with Crippen LogP contribution < -0.4 is 5.73 Å². The third kappa shape index (κ3) is 2.54. The molecule has 2 N–H and O–H groups in total. The summed E-state index contributed by atoms with van der Waals surface area (Å²) in [6.07, 6.45) is 2.05. The Morgan fingerprint density at radius 3 is 2.44 bits per heavy atom. The smallest absolute Gasteiger partial charge is 0.131 e. The minimum Gasteiger partial charge on any atom is -0.324 e. The van der Waals surface area contributed by atoms with Crippen LogP contribution in [0.4, 0.5) is 4.39 Å². The molecule has 2 unspecified atom stereocenters. The Kier molecular flexibility index (Phi) is 3.97. The topological polar surface area (TPSA) is 26.0 Å². The molecular formula is C16H20FN. The Bertz CT molecular complexity index is 536. The van der Waals surface area contributed by atoms with E-state index in [0.29, 0.717) is 11.3 Å². The lowest BCUT2D eigenvalue weighted by molar-refractivity contribution is 0.462. The summed E-state index contributed by atoms with van der Waals surface area (Å²) in [6.45, 7) is 4.37. The van der Waals surface area contributed by atoms with Crippen molar-refractivity contribution in [3.63, 3.8) is 0 Å². The van der Waals surface area contributed by atoms with Crippen LogP contribution in [0.25, 0.3) is 10.8 Å². The third-order valence-electron chi connectivity index (χ3n) is 3.66. The van der Waals surface area contributed by atoms with E-state index in [4.69, 9.17) is 5.73 Å². The molecule has 0 spiro atoms. The summed E-state index contributed by atoms with van der Waals surface area (Å²) < 4.78 is 13.7. The van der Waals surface area contributed by atoms with Gasteiger partial charge in [0.05, 0.1) is 0 Å². The third-order valence-corrected chi connectivity index (χ3v) is 3.66. The molecular weight excluding hydrogens is 225 g/mol. The van der Waals surface area contributed by atoms with E-state index >= 15 is 0 Å². The van der Waals surface area contributed by atoms with Gasteiger partial charge in [0, 0.05) is 11.4 Å². The minimum atomic E-state index is -0.176. The van der Waals surface area contributed by atoms with E-state index in [1.165, 1.54) is 6.07 Å². The quantitative estimate of drug-likeness (QED) is 0.848. The van der Waals surface area contributed by atoms with Crippen LogP contribution in [0.1, 0.15) is 38.3 Å². The van der Waals surface area contributed by atoms with Crippen molar-refractivity contribution < 1.29 is 4.39 Å². The van der Waals surface area contributed by atoms with E-state index in [-0.39, 0.29) is 11.9 Å². The molecule has 1 nitrogen and oxygen atoms in total. The van der Waals surface area contributed by atoms with Gasteiger partial charge in [0.1, 0.15) is 5.82 Å². The predicted octanol–water partition coefficient (Wildman–Crippen LogP) is 4.41. The molecule has 0 aliphatic rings. The van der Waals surface area contributed by atoms with Crippen molar-refractivity contribution >= 4 is 10.8 Å². The zero-order valence-corrected chi connectivity index (χ0v) is 11.0. The van der Waals surface area contributed by atoms with E-state index in [1.807, 2.05) is 30.3 Å². The van der Waals surface area contributed by atoms with Crippen molar-refractivity contribution in [2.75, 3.05) is 0 Å². The van der Waals surface area contributed by atoms with E-state index in [9.17, 15) is 4.39 Å². The lowest BCUT2D eigenvalue weighted by atomic mass is 9.91. The molecule has 0 amide bonds. The molecule has 0 heterocycles. The van der Waals surface area contributed by atoms with Gasteiger partial charge in [-0.15, -0.1) is 0 Å². The van der Waals surface area contributed by atoms with Gasteiger partial charge >= 0.3 is 0 Å². The Balaban J connectivity index is 2.42. The van der Waals surface area contributed by atoms with Crippen LogP contribution in [0.15, 0.2) is 36.4 Å². The van der Waals surface area contributed by atoms with Gasteiger partial charge in [-0.1, -0.05) is 50.6 Å². The van der Waals surface area contributed by atoms with Crippen molar-refractivity contribution in [1.29, 1.82) is 0 Å². The molecule has 0 aliphatic heterocycles. The van der Waals surface area contributed by atoms with Gasteiger partial charge in [-0.05, 0) is 29.4 Å². The Morgan fingerprint density at radius 1 is 1.11 bits per heavy atom. The fourth-order valence-corrected chi connectivity index (χ4v) is 2.34. The summed E-state index contributed by atoms with van der Waals surface area (Å²) in [5.74, 6) is 0.411. The first-order chi connectivity index (χ1) is 8.63. The summed E-state index contributed by atoms with van der Waals surface area (Å²) in [5.41, 5.74) is 7.31. The number of fused-ring (bicyclic) bond motifs is 1. The second-order valence-electron chi connectivity index (χ2n) is 5.04. The number of nitrogens with two attached hydrogens (primary N) is 1. The van der Waals surface area contributed by atoms with Crippen molar-refractivity contribution in [3.05, 3.63) is 47.8 Å². The fraction of sp³-hybridized carbons (Fsp3) is 0.375. The zero-order chi connectivity index (χ0) is 13.1.